The van der Waals surface area contributed by atoms with E-state index in [2.05, 4.69) is 4.72 Å². The van der Waals surface area contributed by atoms with E-state index in [0.717, 1.165) is 16.5 Å². The smallest absolute Gasteiger partial charge is 0.261 e. The number of carbonyl (C=O) groups excluding carboxylic acids is 1. The molecule has 166 valence electrons. The molecule has 8 nitrogen and oxygen atoms in total. The van der Waals surface area contributed by atoms with Crippen LogP contribution in [0.1, 0.15) is 5.56 Å². The van der Waals surface area contributed by atoms with Crippen LogP contribution in [-0.4, -0.2) is 58.2 Å². The average Bonchev–Trinajstić information content (AvgIpc) is 3.10. The Labute approximate surface area is 182 Å². The second-order valence-electron chi connectivity index (χ2n) is 7.38. The molecule has 0 radical (unpaired) electrons. The number of benzene rings is 2. The maximum atomic E-state index is 12.9. The number of amides is 1. The van der Waals surface area contributed by atoms with Gasteiger partial charge in [0, 0.05) is 44.0 Å². The first kappa shape index (κ1) is 22.6. The van der Waals surface area contributed by atoms with Crippen LogP contribution < -0.4 is 9.46 Å². The Kier molecular flexibility index (Phi) is 6.87. The SMILES string of the molecule is COCCOc1ccc(S(=O)(=O)Nc2ccc3c(ccn3CC(=O)N(C)C)c2)cc1C. The Morgan fingerprint density at radius 1 is 1.10 bits per heavy atom. The molecule has 1 amide bonds. The molecule has 0 fully saturated rings. The molecule has 0 aliphatic heterocycles. The Hall–Kier alpha value is -3.04. The minimum atomic E-state index is -3.77. The van der Waals surface area contributed by atoms with Crippen LogP contribution in [0.2, 0.25) is 0 Å². The molecule has 0 atom stereocenters. The van der Waals surface area contributed by atoms with E-state index in [1.54, 1.807) is 58.5 Å². The van der Waals surface area contributed by atoms with Crippen molar-refractivity contribution in [1.29, 1.82) is 0 Å². The molecule has 0 spiro atoms. The lowest BCUT2D eigenvalue weighted by Gasteiger charge is -2.13. The van der Waals surface area contributed by atoms with Gasteiger partial charge in [0.1, 0.15) is 18.9 Å². The van der Waals surface area contributed by atoms with Crippen molar-refractivity contribution in [3.63, 3.8) is 0 Å². The molecule has 0 unspecified atom stereocenters. The Balaban J connectivity index is 1.78. The number of methoxy groups -OCH3 is 1. The van der Waals surface area contributed by atoms with Crippen molar-refractivity contribution in [3.05, 3.63) is 54.2 Å². The number of carbonyl (C=O) groups is 1. The second-order valence-corrected chi connectivity index (χ2v) is 9.06. The Bertz CT molecular complexity index is 1190. The van der Waals surface area contributed by atoms with E-state index in [1.165, 1.54) is 11.0 Å². The third-order valence-electron chi connectivity index (χ3n) is 4.83. The summed E-state index contributed by atoms with van der Waals surface area (Å²) in [5.41, 5.74) is 2.02. The molecule has 2 aromatic carbocycles. The quantitative estimate of drug-likeness (QED) is 0.512. The van der Waals surface area contributed by atoms with E-state index in [4.69, 9.17) is 9.47 Å². The van der Waals surface area contributed by atoms with Gasteiger partial charge in [0.25, 0.3) is 10.0 Å². The number of aromatic nitrogens is 1. The number of likely N-dealkylation sites (N-methyl/N-ethyl adjacent to an activating group) is 1. The molecule has 1 heterocycles. The topological polar surface area (TPSA) is 89.9 Å². The van der Waals surface area contributed by atoms with Crippen LogP contribution in [0.15, 0.2) is 53.6 Å². The summed E-state index contributed by atoms with van der Waals surface area (Å²) in [5, 5.41) is 0.838. The van der Waals surface area contributed by atoms with Gasteiger partial charge in [-0.1, -0.05) is 0 Å². The van der Waals surface area contributed by atoms with Gasteiger partial charge in [-0.15, -0.1) is 0 Å². The third kappa shape index (κ3) is 5.36. The summed E-state index contributed by atoms with van der Waals surface area (Å²) >= 11 is 0. The number of rotatable bonds is 9. The highest BCUT2D eigenvalue weighted by Gasteiger charge is 2.17. The van der Waals surface area contributed by atoms with Gasteiger partial charge in [-0.2, -0.15) is 0 Å². The number of aryl methyl sites for hydroxylation is 1. The van der Waals surface area contributed by atoms with Gasteiger partial charge >= 0.3 is 0 Å². The summed E-state index contributed by atoms with van der Waals surface area (Å²) in [6, 6.07) is 11.8. The molecular formula is C22H27N3O5S. The molecule has 0 saturated heterocycles. The van der Waals surface area contributed by atoms with Gasteiger partial charge < -0.3 is 18.9 Å². The highest BCUT2D eigenvalue weighted by atomic mass is 32.2. The number of nitrogens with zero attached hydrogens (tertiary/aromatic N) is 2. The maximum Gasteiger partial charge on any atom is 0.261 e. The molecule has 0 aliphatic rings. The highest BCUT2D eigenvalue weighted by molar-refractivity contribution is 7.92. The van der Waals surface area contributed by atoms with Crippen molar-refractivity contribution in [2.75, 3.05) is 39.1 Å². The molecule has 0 aliphatic carbocycles. The predicted octanol–water partition coefficient (Wildman–Crippen LogP) is 2.86. The van der Waals surface area contributed by atoms with Crippen LogP contribution in [-0.2, 0) is 26.1 Å². The molecular weight excluding hydrogens is 418 g/mol. The molecule has 0 bridgehead atoms. The van der Waals surface area contributed by atoms with Crippen LogP contribution in [0.3, 0.4) is 0 Å². The Morgan fingerprint density at radius 2 is 1.87 bits per heavy atom. The number of hydrogen-bond acceptors (Lipinski definition) is 5. The van der Waals surface area contributed by atoms with Crippen LogP contribution in [0.5, 0.6) is 5.75 Å². The predicted molar refractivity (Wildman–Crippen MR) is 120 cm³/mol. The van der Waals surface area contributed by atoms with Crippen molar-refractivity contribution < 1.29 is 22.7 Å². The summed E-state index contributed by atoms with van der Waals surface area (Å²) in [4.78, 5) is 13.7. The average molecular weight is 446 g/mol. The molecule has 9 heteroatoms. The van der Waals surface area contributed by atoms with Gasteiger partial charge in [0.2, 0.25) is 5.91 Å². The van der Waals surface area contributed by atoms with Gasteiger partial charge in [-0.05, 0) is 55.0 Å². The van der Waals surface area contributed by atoms with E-state index in [1.807, 2.05) is 16.8 Å². The number of ether oxygens (including phenoxy) is 2. The third-order valence-corrected chi connectivity index (χ3v) is 6.21. The summed E-state index contributed by atoms with van der Waals surface area (Å²) in [6.07, 6.45) is 1.82. The zero-order valence-corrected chi connectivity index (χ0v) is 18.9. The van der Waals surface area contributed by atoms with Crippen molar-refractivity contribution in [2.24, 2.45) is 0 Å². The normalized spacial score (nSPS) is 11.5. The zero-order chi connectivity index (χ0) is 22.6. The van der Waals surface area contributed by atoms with Crippen LogP contribution >= 0.6 is 0 Å². The Morgan fingerprint density at radius 3 is 2.55 bits per heavy atom. The molecule has 31 heavy (non-hydrogen) atoms. The fourth-order valence-electron chi connectivity index (χ4n) is 3.09. The monoisotopic (exact) mass is 445 g/mol. The minimum Gasteiger partial charge on any atom is -0.491 e. The summed E-state index contributed by atoms with van der Waals surface area (Å²) in [7, 11) is 1.24. The number of sulfonamides is 1. The fraction of sp³-hybridized carbons (Fsp3) is 0.318. The number of anilines is 1. The zero-order valence-electron chi connectivity index (χ0n) is 18.1. The van der Waals surface area contributed by atoms with Crippen LogP contribution in [0.25, 0.3) is 10.9 Å². The van der Waals surface area contributed by atoms with Gasteiger partial charge in [0.15, 0.2) is 0 Å². The maximum absolute atomic E-state index is 12.9. The van der Waals surface area contributed by atoms with Crippen LogP contribution in [0, 0.1) is 6.92 Å². The first-order chi connectivity index (χ1) is 14.7. The highest BCUT2D eigenvalue weighted by Crippen LogP contribution is 2.26. The molecule has 1 aromatic heterocycles. The number of fused-ring (bicyclic) bond motifs is 1. The van der Waals surface area contributed by atoms with Gasteiger partial charge in [0.05, 0.1) is 11.5 Å². The lowest BCUT2D eigenvalue weighted by molar-refractivity contribution is -0.129. The number of nitrogens with one attached hydrogen (secondary N) is 1. The largest absolute Gasteiger partial charge is 0.491 e. The molecule has 1 N–H and O–H groups in total. The van der Waals surface area contributed by atoms with Crippen LogP contribution in [0.4, 0.5) is 5.69 Å². The molecule has 3 aromatic rings. The van der Waals surface area contributed by atoms with Crippen molar-refractivity contribution in [3.8, 4) is 5.75 Å². The van der Waals surface area contributed by atoms with Gasteiger partial charge in [-0.3, -0.25) is 9.52 Å². The van der Waals surface area contributed by atoms with Crippen molar-refractivity contribution in [2.45, 2.75) is 18.4 Å². The summed E-state index contributed by atoms with van der Waals surface area (Å²) < 4.78 is 40.7. The van der Waals surface area contributed by atoms with Gasteiger partial charge in [-0.25, -0.2) is 8.42 Å². The standard InChI is InChI=1S/C22H27N3O5S/c1-16-13-19(6-8-21(16)30-12-11-29-4)31(27,28)23-18-5-7-20-17(14-18)9-10-25(20)15-22(26)24(2)3/h5-10,13-14,23H,11-12,15H2,1-4H3. The molecule has 3 rings (SSSR count). The first-order valence-electron chi connectivity index (χ1n) is 9.75. The van der Waals surface area contributed by atoms with E-state index >= 15 is 0 Å². The second kappa shape index (κ2) is 9.40. The van der Waals surface area contributed by atoms with E-state index in [0.29, 0.717) is 24.7 Å². The van der Waals surface area contributed by atoms with E-state index in [9.17, 15) is 13.2 Å². The first-order valence-corrected chi connectivity index (χ1v) is 11.2. The lowest BCUT2D eigenvalue weighted by atomic mass is 10.2. The lowest BCUT2D eigenvalue weighted by Crippen LogP contribution is -2.25. The fourth-order valence-corrected chi connectivity index (χ4v) is 4.22. The van der Waals surface area contributed by atoms with E-state index in [-0.39, 0.29) is 17.3 Å². The van der Waals surface area contributed by atoms with Crippen molar-refractivity contribution in [1.82, 2.24) is 9.47 Å². The van der Waals surface area contributed by atoms with Crippen molar-refractivity contribution >= 4 is 32.5 Å². The summed E-state index contributed by atoms with van der Waals surface area (Å²) in [6.45, 7) is 2.86. The molecule has 0 saturated carbocycles. The summed E-state index contributed by atoms with van der Waals surface area (Å²) in [5.74, 6) is 0.596. The number of hydrogen-bond donors (Lipinski definition) is 1. The van der Waals surface area contributed by atoms with E-state index < -0.39 is 10.0 Å². The minimum absolute atomic E-state index is 0.0210.